The molecule has 0 unspecified atom stereocenters. The van der Waals surface area contributed by atoms with Gasteiger partial charge in [0, 0.05) is 63.3 Å². The van der Waals surface area contributed by atoms with Crippen LogP contribution >= 0.6 is 0 Å². The van der Waals surface area contributed by atoms with Gasteiger partial charge in [-0.15, -0.1) is 0 Å². The van der Waals surface area contributed by atoms with Gasteiger partial charge in [-0.1, -0.05) is 0 Å². The van der Waals surface area contributed by atoms with Crippen molar-refractivity contribution in [3.8, 4) is 0 Å². The molecule has 6 heteroatoms. The van der Waals surface area contributed by atoms with Gasteiger partial charge >= 0.3 is 0 Å². The molecule has 25 heavy (non-hydrogen) atoms. The average Bonchev–Trinajstić information content (AvgIpc) is 3.34. The Balaban J connectivity index is 1.38. The Morgan fingerprint density at radius 1 is 1.20 bits per heavy atom. The minimum absolute atomic E-state index is 0.197. The number of aromatic nitrogens is 4. The van der Waals surface area contributed by atoms with Gasteiger partial charge in [-0.25, -0.2) is 4.98 Å². The second-order valence-electron chi connectivity index (χ2n) is 7.31. The standard InChI is InChI=1S/C19H29N5O/c1-2-24-18(5-8-21-24)19-16(4-3-13-25-19)14-22-10-6-17(7-11-22)23-12-9-20-15-23/h5,8-9,12,15-17,19H,2-4,6-7,10-11,13-14H2,1H3/t16-,19+/m0/s1. The fourth-order valence-electron chi connectivity index (χ4n) is 4.42. The van der Waals surface area contributed by atoms with E-state index in [-0.39, 0.29) is 6.10 Å². The monoisotopic (exact) mass is 343 g/mol. The Labute approximate surface area is 149 Å². The SMILES string of the molecule is CCn1nccc1[C@@H]1OCCC[C@H]1CN1CCC(n2ccnc2)CC1. The highest BCUT2D eigenvalue weighted by molar-refractivity contribution is 5.08. The average molecular weight is 343 g/mol. The van der Waals surface area contributed by atoms with E-state index in [9.17, 15) is 0 Å². The second-order valence-corrected chi connectivity index (χ2v) is 7.31. The Morgan fingerprint density at radius 2 is 2.08 bits per heavy atom. The summed E-state index contributed by atoms with van der Waals surface area (Å²) in [6, 6.07) is 2.75. The molecule has 0 bridgehead atoms. The van der Waals surface area contributed by atoms with Crippen LogP contribution in [0.5, 0.6) is 0 Å². The second kappa shape index (κ2) is 7.70. The minimum Gasteiger partial charge on any atom is -0.372 e. The summed E-state index contributed by atoms with van der Waals surface area (Å²) in [6.45, 7) is 7.40. The van der Waals surface area contributed by atoms with Gasteiger partial charge in [0.25, 0.3) is 0 Å². The smallest absolute Gasteiger partial charge is 0.103 e. The van der Waals surface area contributed by atoms with E-state index in [2.05, 4.69) is 43.4 Å². The number of piperidine rings is 1. The van der Waals surface area contributed by atoms with Gasteiger partial charge < -0.3 is 14.2 Å². The summed E-state index contributed by atoms with van der Waals surface area (Å²) in [5.41, 5.74) is 1.25. The molecule has 2 aromatic heterocycles. The van der Waals surface area contributed by atoms with E-state index in [1.165, 1.54) is 44.5 Å². The van der Waals surface area contributed by atoms with Gasteiger partial charge in [0.1, 0.15) is 6.10 Å². The quantitative estimate of drug-likeness (QED) is 0.837. The Morgan fingerprint density at radius 3 is 2.84 bits per heavy atom. The van der Waals surface area contributed by atoms with Crippen molar-refractivity contribution in [1.29, 1.82) is 0 Å². The number of likely N-dealkylation sites (tertiary alicyclic amines) is 1. The molecule has 0 radical (unpaired) electrons. The maximum Gasteiger partial charge on any atom is 0.103 e. The molecule has 4 rings (SSSR count). The molecule has 6 nitrogen and oxygen atoms in total. The van der Waals surface area contributed by atoms with Crippen molar-refractivity contribution in [2.45, 2.75) is 51.3 Å². The van der Waals surface area contributed by atoms with Gasteiger partial charge in [-0.3, -0.25) is 4.68 Å². The zero-order chi connectivity index (χ0) is 17.1. The molecule has 0 spiro atoms. The molecule has 2 aromatic rings. The molecule has 0 N–H and O–H groups in total. The molecule has 0 aromatic carbocycles. The van der Waals surface area contributed by atoms with Crippen LogP contribution in [0, 0.1) is 5.92 Å². The maximum atomic E-state index is 6.20. The molecular weight excluding hydrogens is 314 g/mol. The molecular formula is C19H29N5O. The molecule has 0 saturated carbocycles. The van der Waals surface area contributed by atoms with Crippen LogP contribution in [0.15, 0.2) is 31.0 Å². The summed E-state index contributed by atoms with van der Waals surface area (Å²) >= 11 is 0. The van der Waals surface area contributed by atoms with Crippen LogP contribution in [0.2, 0.25) is 0 Å². The fraction of sp³-hybridized carbons (Fsp3) is 0.684. The van der Waals surface area contributed by atoms with E-state index < -0.39 is 0 Å². The molecule has 136 valence electrons. The number of imidazole rings is 1. The molecule has 2 saturated heterocycles. The lowest BCUT2D eigenvalue weighted by Crippen LogP contribution is -2.40. The highest BCUT2D eigenvalue weighted by Gasteiger charge is 2.32. The highest BCUT2D eigenvalue weighted by atomic mass is 16.5. The number of hydrogen-bond donors (Lipinski definition) is 0. The van der Waals surface area contributed by atoms with Gasteiger partial charge in [0.15, 0.2) is 0 Å². The third-order valence-electron chi connectivity index (χ3n) is 5.78. The molecule has 4 heterocycles. The van der Waals surface area contributed by atoms with E-state index in [1.807, 2.05) is 18.7 Å². The Bertz CT molecular complexity index is 645. The summed E-state index contributed by atoms with van der Waals surface area (Å²) in [6.07, 6.45) is 12.9. The van der Waals surface area contributed by atoms with Gasteiger partial charge in [0.05, 0.1) is 12.0 Å². The van der Waals surface area contributed by atoms with Gasteiger partial charge in [-0.05, 0) is 38.7 Å². The van der Waals surface area contributed by atoms with Crippen molar-refractivity contribution in [2.75, 3.05) is 26.2 Å². The molecule has 2 fully saturated rings. The first-order valence-electron chi connectivity index (χ1n) is 9.68. The van der Waals surface area contributed by atoms with Crippen LogP contribution in [-0.4, -0.2) is 50.5 Å². The van der Waals surface area contributed by atoms with Crippen molar-refractivity contribution in [2.24, 2.45) is 5.92 Å². The van der Waals surface area contributed by atoms with E-state index in [0.29, 0.717) is 12.0 Å². The molecule has 0 aliphatic carbocycles. The first kappa shape index (κ1) is 16.8. The first-order chi connectivity index (χ1) is 12.3. The van der Waals surface area contributed by atoms with Crippen LogP contribution in [0.4, 0.5) is 0 Å². The van der Waals surface area contributed by atoms with Crippen molar-refractivity contribution >= 4 is 0 Å². The molecule has 0 amide bonds. The largest absolute Gasteiger partial charge is 0.372 e. The Kier molecular flexibility index (Phi) is 5.17. The molecule has 2 aliphatic heterocycles. The number of ether oxygens (including phenoxy) is 1. The minimum atomic E-state index is 0.197. The van der Waals surface area contributed by atoms with Crippen LogP contribution in [0.25, 0.3) is 0 Å². The van der Waals surface area contributed by atoms with Crippen LogP contribution in [-0.2, 0) is 11.3 Å². The van der Waals surface area contributed by atoms with E-state index in [4.69, 9.17) is 4.74 Å². The highest BCUT2D eigenvalue weighted by Crippen LogP contribution is 2.35. The van der Waals surface area contributed by atoms with E-state index in [0.717, 1.165) is 19.7 Å². The lowest BCUT2D eigenvalue weighted by Gasteiger charge is -2.38. The fourth-order valence-corrected chi connectivity index (χ4v) is 4.42. The number of nitrogens with zero attached hydrogens (tertiary/aromatic N) is 5. The van der Waals surface area contributed by atoms with Crippen molar-refractivity contribution in [1.82, 2.24) is 24.2 Å². The zero-order valence-corrected chi connectivity index (χ0v) is 15.1. The predicted molar refractivity (Wildman–Crippen MR) is 96.3 cm³/mol. The summed E-state index contributed by atoms with van der Waals surface area (Å²) in [7, 11) is 0. The summed E-state index contributed by atoms with van der Waals surface area (Å²) in [5.74, 6) is 0.570. The topological polar surface area (TPSA) is 48.1 Å². The Hall–Kier alpha value is -1.66. The van der Waals surface area contributed by atoms with E-state index in [1.54, 1.807) is 0 Å². The van der Waals surface area contributed by atoms with Gasteiger partial charge in [0.2, 0.25) is 0 Å². The van der Waals surface area contributed by atoms with Crippen molar-refractivity contribution in [3.63, 3.8) is 0 Å². The summed E-state index contributed by atoms with van der Waals surface area (Å²) < 4.78 is 10.6. The number of hydrogen-bond acceptors (Lipinski definition) is 4. The molecule has 2 atom stereocenters. The van der Waals surface area contributed by atoms with E-state index >= 15 is 0 Å². The van der Waals surface area contributed by atoms with Crippen LogP contribution < -0.4 is 0 Å². The third kappa shape index (κ3) is 3.65. The summed E-state index contributed by atoms with van der Waals surface area (Å²) in [4.78, 5) is 6.82. The third-order valence-corrected chi connectivity index (χ3v) is 5.78. The van der Waals surface area contributed by atoms with Gasteiger partial charge in [-0.2, -0.15) is 5.10 Å². The van der Waals surface area contributed by atoms with Crippen LogP contribution in [0.3, 0.4) is 0 Å². The molecule has 2 aliphatic rings. The number of aryl methyl sites for hydroxylation is 1. The predicted octanol–water partition coefficient (Wildman–Crippen LogP) is 2.90. The zero-order valence-electron chi connectivity index (χ0n) is 15.1. The number of rotatable bonds is 5. The lowest BCUT2D eigenvalue weighted by molar-refractivity contribution is -0.0458. The lowest BCUT2D eigenvalue weighted by atomic mass is 9.90. The summed E-state index contributed by atoms with van der Waals surface area (Å²) in [5, 5.41) is 4.44. The van der Waals surface area contributed by atoms with Crippen molar-refractivity contribution < 1.29 is 4.74 Å². The van der Waals surface area contributed by atoms with Crippen molar-refractivity contribution in [3.05, 3.63) is 36.7 Å². The maximum absolute atomic E-state index is 6.20. The van der Waals surface area contributed by atoms with Crippen LogP contribution in [0.1, 0.15) is 50.4 Å². The normalized spacial score (nSPS) is 26.1. The first-order valence-corrected chi connectivity index (χ1v) is 9.68.